The first kappa shape index (κ1) is 13.2. The minimum atomic E-state index is 0.563. The zero-order chi connectivity index (χ0) is 11.1. The molecule has 0 amide bonds. The summed E-state index contributed by atoms with van der Waals surface area (Å²) in [4.78, 5) is 2.19. The van der Waals surface area contributed by atoms with Gasteiger partial charge in [-0.15, -0.1) is 0 Å². The van der Waals surface area contributed by atoms with Gasteiger partial charge in [-0.25, -0.2) is 0 Å². The summed E-state index contributed by atoms with van der Waals surface area (Å²) < 4.78 is 0. The first-order chi connectivity index (χ1) is 6.65. The summed E-state index contributed by atoms with van der Waals surface area (Å²) in [6.07, 6.45) is 0. The molecule has 80 valence electrons. The van der Waals surface area contributed by atoms with Gasteiger partial charge < -0.3 is 0 Å². The lowest BCUT2D eigenvalue weighted by Gasteiger charge is -2.12. The first-order valence-electron chi connectivity index (χ1n) is 5.43. The van der Waals surface area contributed by atoms with E-state index in [1.54, 1.807) is 0 Å². The van der Waals surface area contributed by atoms with Crippen LogP contribution in [-0.4, -0.2) is 24.5 Å². The lowest BCUT2D eigenvalue weighted by Crippen LogP contribution is -2.22. The zero-order valence-electron chi connectivity index (χ0n) is 10.1. The van der Waals surface area contributed by atoms with Gasteiger partial charge >= 0.3 is 0 Å². The number of nitrogens with zero attached hydrogens (tertiary/aromatic N) is 2. The molecule has 0 bridgehead atoms. The van der Waals surface area contributed by atoms with Crippen LogP contribution in [-0.2, 0) is 0 Å². The Balaban J connectivity index is 0.000000791. The van der Waals surface area contributed by atoms with Crippen LogP contribution in [0.1, 0.15) is 34.6 Å². The smallest absolute Gasteiger partial charge is 0.0871 e. The van der Waals surface area contributed by atoms with Crippen molar-refractivity contribution >= 4 is 0 Å². The molecule has 0 aromatic carbocycles. The molecule has 14 heavy (non-hydrogen) atoms. The summed E-state index contributed by atoms with van der Waals surface area (Å²) in [6.45, 7) is 13.2. The van der Waals surface area contributed by atoms with Crippen LogP contribution in [0.25, 0.3) is 0 Å². The minimum absolute atomic E-state index is 0.563. The average Bonchev–Trinajstić information content (AvgIpc) is 2.51. The Morgan fingerprint density at radius 2 is 1.93 bits per heavy atom. The monoisotopic (exact) mass is 194 g/mol. The Hall–Kier alpha value is -0.810. The average molecular weight is 194 g/mol. The Morgan fingerprint density at radius 1 is 1.36 bits per heavy atom. The lowest BCUT2D eigenvalue weighted by molar-refractivity contribution is 0.381. The van der Waals surface area contributed by atoms with Gasteiger partial charge in [-0.05, 0) is 12.8 Å². The largest absolute Gasteiger partial charge is 0.283 e. The SMILES string of the molecule is CC.CC1=C(C(C)C)CN(CC#N)C1. The molecule has 1 aliphatic rings. The van der Waals surface area contributed by atoms with E-state index in [2.05, 4.69) is 31.7 Å². The maximum Gasteiger partial charge on any atom is 0.0871 e. The number of hydrogen-bond acceptors (Lipinski definition) is 2. The second-order valence-electron chi connectivity index (χ2n) is 3.76. The first-order valence-corrected chi connectivity index (χ1v) is 5.43. The fourth-order valence-electron chi connectivity index (χ4n) is 1.76. The fourth-order valence-corrected chi connectivity index (χ4v) is 1.76. The lowest BCUT2D eigenvalue weighted by atomic mass is 10.0. The summed E-state index contributed by atoms with van der Waals surface area (Å²) in [5, 5.41) is 8.53. The van der Waals surface area contributed by atoms with Crippen LogP contribution in [0.5, 0.6) is 0 Å². The van der Waals surface area contributed by atoms with Crippen molar-refractivity contribution in [1.82, 2.24) is 4.90 Å². The van der Waals surface area contributed by atoms with Crippen LogP contribution in [0.15, 0.2) is 11.1 Å². The van der Waals surface area contributed by atoms with Gasteiger partial charge in [0.05, 0.1) is 12.6 Å². The normalized spacial score (nSPS) is 16.6. The van der Waals surface area contributed by atoms with Crippen LogP contribution in [0.2, 0.25) is 0 Å². The fraction of sp³-hybridized carbons (Fsp3) is 0.750. The van der Waals surface area contributed by atoms with E-state index in [0.717, 1.165) is 13.1 Å². The highest BCUT2D eigenvalue weighted by molar-refractivity contribution is 5.23. The van der Waals surface area contributed by atoms with Gasteiger partial charge in [0.15, 0.2) is 0 Å². The van der Waals surface area contributed by atoms with Crippen molar-refractivity contribution in [3.05, 3.63) is 11.1 Å². The highest BCUT2D eigenvalue weighted by Crippen LogP contribution is 2.22. The molecule has 0 spiro atoms. The second-order valence-corrected chi connectivity index (χ2v) is 3.76. The molecule has 1 aliphatic heterocycles. The van der Waals surface area contributed by atoms with Gasteiger partial charge in [0.1, 0.15) is 0 Å². The van der Waals surface area contributed by atoms with E-state index in [1.807, 2.05) is 13.8 Å². The molecule has 0 aliphatic carbocycles. The molecule has 0 atom stereocenters. The van der Waals surface area contributed by atoms with Crippen LogP contribution in [0, 0.1) is 17.2 Å². The third-order valence-electron chi connectivity index (χ3n) is 2.39. The Morgan fingerprint density at radius 3 is 2.29 bits per heavy atom. The molecule has 0 saturated carbocycles. The highest BCUT2D eigenvalue weighted by Gasteiger charge is 2.20. The van der Waals surface area contributed by atoms with Crippen molar-refractivity contribution in [2.45, 2.75) is 34.6 Å². The van der Waals surface area contributed by atoms with Gasteiger partial charge in [-0.3, -0.25) is 4.90 Å². The van der Waals surface area contributed by atoms with Crippen LogP contribution >= 0.6 is 0 Å². The van der Waals surface area contributed by atoms with Crippen LogP contribution < -0.4 is 0 Å². The molecule has 1 rings (SSSR count). The number of rotatable bonds is 2. The van der Waals surface area contributed by atoms with E-state index >= 15 is 0 Å². The number of nitriles is 1. The van der Waals surface area contributed by atoms with Crippen molar-refractivity contribution in [1.29, 1.82) is 5.26 Å². The van der Waals surface area contributed by atoms with Crippen molar-refractivity contribution in [2.75, 3.05) is 19.6 Å². The van der Waals surface area contributed by atoms with Crippen molar-refractivity contribution < 1.29 is 0 Å². The van der Waals surface area contributed by atoms with E-state index in [9.17, 15) is 0 Å². The molecular weight excluding hydrogens is 172 g/mol. The van der Waals surface area contributed by atoms with E-state index < -0.39 is 0 Å². The molecule has 2 nitrogen and oxygen atoms in total. The van der Waals surface area contributed by atoms with Crippen LogP contribution in [0.4, 0.5) is 0 Å². The molecule has 0 aromatic heterocycles. The maximum atomic E-state index is 8.53. The molecule has 0 unspecified atom stereocenters. The summed E-state index contributed by atoms with van der Waals surface area (Å²) in [5.74, 6) is 0.633. The van der Waals surface area contributed by atoms with Gasteiger partial charge in [0, 0.05) is 13.1 Å². The molecule has 0 fully saturated rings. The van der Waals surface area contributed by atoms with Crippen molar-refractivity contribution in [2.24, 2.45) is 5.92 Å². The molecule has 0 aromatic rings. The molecule has 1 heterocycles. The Kier molecular flexibility index (Phi) is 6.23. The predicted molar refractivity (Wildman–Crippen MR) is 60.9 cm³/mol. The highest BCUT2D eigenvalue weighted by atomic mass is 15.1. The third-order valence-corrected chi connectivity index (χ3v) is 2.39. The van der Waals surface area contributed by atoms with Crippen molar-refractivity contribution in [3.63, 3.8) is 0 Å². The summed E-state index contributed by atoms with van der Waals surface area (Å²) in [5.41, 5.74) is 2.98. The predicted octanol–water partition coefficient (Wildman–Crippen LogP) is 2.82. The van der Waals surface area contributed by atoms with Gasteiger partial charge in [0.2, 0.25) is 0 Å². The number of hydrogen-bond donors (Lipinski definition) is 0. The summed E-state index contributed by atoms with van der Waals surface area (Å²) >= 11 is 0. The molecule has 2 heteroatoms. The topological polar surface area (TPSA) is 27.0 Å². The van der Waals surface area contributed by atoms with Crippen molar-refractivity contribution in [3.8, 4) is 6.07 Å². The van der Waals surface area contributed by atoms with Crippen LogP contribution in [0.3, 0.4) is 0 Å². The van der Waals surface area contributed by atoms with Gasteiger partial charge in [-0.1, -0.05) is 38.8 Å². The standard InChI is InChI=1S/C10H16N2.C2H6/c1-8(2)10-7-12(5-4-11)6-9(10)3;1-2/h8H,5-7H2,1-3H3;1-2H3. The Labute approximate surface area is 88.2 Å². The Bertz CT molecular complexity index is 233. The van der Waals surface area contributed by atoms with E-state index in [1.165, 1.54) is 11.1 Å². The second kappa shape index (κ2) is 6.62. The summed E-state index contributed by atoms with van der Waals surface area (Å²) in [7, 11) is 0. The molecule has 0 radical (unpaired) electrons. The molecule has 0 N–H and O–H groups in total. The third kappa shape index (κ3) is 3.51. The summed E-state index contributed by atoms with van der Waals surface area (Å²) in [6, 6.07) is 2.19. The molecule has 0 saturated heterocycles. The van der Waals surface area contributed by atoms with Gasteiger partial charge in [0.25, 0.3) is 0 Å². The van der Waals surface area contributed by atoms with E-state index in [4.69, 9.17) is 5.26 Å². The quantitative estimate of drug-likeness (QED) is 0.499. The van der Waals surface area contributed by atoms with E-state index in [0.29, 0.717) is 12.5 Å². The molecular formula is C12H22N2. The minimum Gasteiger partial charge on any atom is -0.283 e. The van der Waals surface area contributed by atoms with Gasteiger partial charge in [-0.2, -0.15) is 5.26 Å². The zero-order valence-corrected chi connectivity index (χ0v) is 10.1. The van der Waals surface area contributed by atoms with E-state index in [-0.39, 0.29) is 0 Å². The maximum absolute atomic E-state index is 8.53.